The second-order valence-electron chi connectivity index (χ2n) is 1.13. The quantitative estimate of drug-likeness (QED) is 0.365. The highest BCUT2D eigenvalue weighted by Crippen LogP contribution is 1.88. The maximum atomic E-state index is 4.97. The van der Waals surface area contributed by atoms with E-state index in [0.717, 1.165) is 0 Å². The Hall–Kier alpha value is -1.23. The van der Waals surface area contributed by atoms with Crippen LogP contribution in [0, 0.1) is 0 Å². The van der Waals surface area contributed by atoms with Gasteiger partial charge in [-0.25, -0.2) is 10.8 Å². The summed E-state index contributed by atoms with van der Waals surface area (Å²) in [4.78, 5) is 3.69. The SMILES string of the molecule is NNc1cnncn1. The van der Waals surface area contributed by atoms with Crippen molar-refractivity contribution in [3.63, 3.8) is 0 Å². The highest BCUT2D eigenvalue weighted by molar-refractivity contribution is 5.25. The summed E-state index contributed by atoms with van der Waals surface area (Å²) in [6, 6.07) is 0. The van der Waals surface area contributed by atoms with E-state index in [1.54, 1.807) is 0 Å². The molecule has 0 aromatic carbocycles. The maximum Gasteiger partial charge on any atom is 0.162 e. The molecular formula is C3H5N5. The van der Waals surface area contributed by atoms with Crippen LogP contribution in [0.2, 0.25) is 0 Å². The van der Waals surface area contributed by atoms with Crippen molar-refractivity contribution in [2.24, 2.45) is 5.84 Å². The molecule has 0 radical (unpaired) electrons. The molecule has 0 atom stereocenters. The van der Waals surface area contributed by atoms with Gasteiger partial charge < -0.3 is 5.43 Å². The van der Waals surface area contributed by atoms with Crippen LogP contribution in [-0.4, -0.2) is 15.2 Å². The lowest BCUT2D eigenvalue weighted by molar-refractivity contribution is 0.965. The second-order valence-corrected chi connectivity index (χ2v) is 1.13. The summed E-state index contributed by atoms with van der Waals surface area (Å²) in [6.45, 7) is 0. The van der Waals surface area contributed by atoms with E-state index < -0.39 is 0 Å². The Morgan fingerprint density at radius 1 is 1.50 bits per heavy atom. The molecular weight excluding hydrogens is 106 g/mol. The van der Waals surface area contributed by atoms with E-state index in [-0.39, 0.29) is 0 Å². The van der Waals surface area contributed by atoms with Gasteiger partial charge in [0, 0.05) is 0 Å². The molecule has 0 amide bonds. The van der Waals surface area contributed by atoms with Gasteiger partial charge in [-0.15, -0.1) is 5.10 Å². The molecule has 0 unspecified atom stereocenters. The normalized spacial score (nSPS) is 8.62. The number of nitrogen functional groups attached to an aromatic ring is 1. The standard InChI is InChI=1S/C3H5N5/c4-8-3-1-6-7-2-5-3/h1-2H,4H2,(H,5,7,8). The van der Waals surface area contributed by atoms with E-state index in [4.69, 9.17) is 5.84 Å². The van der Waals surface area contributed by atoms with Gasteiger partial charge in [0.05, 0.1) is 6.20 Å². The van der Waals surface area contributed by atoms with Crippen LogP contribution >= 0.6 is 0 Å². The van der Waals surface area contributed by atoms with Gasteiger partial charge in [-0.2, -0.15) is 5.10 Å². The minimum Gasteiger partial charge on any atom is -0.307 e. The van der Waals surface area contributed by atoms with Crippen molar-refractivity contribution in [1.29, 1.82) is 0 Å². The molecule has 5 nitrogen and oxygen atoms in total. The summed E-state index contributed by atoms with van der Waals surface area (Å²) in [5.41, 5.74) is 2.31. The van der Waals surface area contributed by atoms with E-state index >= 15 is 0 Å². The van der Waals surface area contributed by atoms with Crippen molar-refractivity contribution in [3.05, 3.63) is 12.5 Å². The van der Waals surface area contributed by atoms with E-state index in [9.17, 15) is 0 Å². The van der Waals surface area contributed by atoms with Crippen LogP contribution in [0.4, 0.5) is 5.82 Å². The first-order valence-corrected chi connectivity index (χ1v) is 2.03. The smallest absolute Gasteiger partial charge is 0.162 e. The number of nitrogens with two attached hydrogens (primary N) is 1. The van der Waals surface area contributed by atoms with Crippen molar-refractivity contribution >= 4 is 5.82 Å². The van der Waals surface area contributed by atoms with Crippen LogP contribution in [0.25, 0.3) is 0 Å². The fraction of sp³-hybridized carbons (Fsp3) is 0. The molecule has 0 fully saturated rings. The van der Waals surface area contributed by atoms with Gasteiger partial charge in [-0.1, -0.05) is 0 Å². The maximum absolute atomic E-state index is 4.97. The first kappa shape index (κ1) is 4.92. The minimum atomic E-state index is 0.514. The van der Waals surface area contributed by atoms with Crippen LogP contribution in [0.1, 0.15) is 0 Å². The van der Waals surface area contributed by atoms with Gasteiger partial charge >= 0.3 is 0 Å². The molecule has 1 aromatic heterocycles. The molecule has 0 spiro atoms. The zero-order valence-electron chi connectivity index (χ0n) is 4.07. The highest BCUT2D eigenvalue weighted by Gasteiger charge is 1.82. The van der Waals surface area contributed by atoms with Gasteiger partial charge in [-0.05, 0) is 0 Å². The zero-order chi connectivity index (χ0) is 5.82. The Bertz CT molecular complexity index is 149. The number of nitrogens with zero attached hydrogens (tertiary/aromatic N) is 3. The number of hydrogen-bond donors (Lipinski definition) is 2. The third-order valence-electron chi connectivity index (χ3n) is 0.643. The predicted molar refractivity (Wildman–Crippen MR) is 27.6 cm³/mol. The summed E-state index contributed by atoms with van der Waals surface area (Å²) in [7, 11) is 0. The lowest BCUT2D eigenvalue weighted by Gasteiger charge is -1.91. The predicted octanol–water partition coefficient (Wildman–Crippen LogP) is -0.843. The molecule has 0 aliphatic rings. The zero-order valence-corrected chi connectivity index (χ0v) is 4.07. The molecule has 5 heteroatoms. The van der Waals surface area contributed by atoms with Gasteiger partial charge in [0.1, 0.15) is 6.33 Å². The van der Waals surface area contributed by atoms with Crippen molar-refractivity contribution in [2.45, 2.75) is 0 Å². The van der Waals surface area contributed by atoms with Crippen LogP contribution < -0.4 is 11.3 Å². The molecule has 1 aromatic rings. The third-order valence-corrected chi connectivity index (χ3v) is 0.643. The number of hydrogen-bond acceptors (Lipinski definition) is 5. The van der Waals surface area contributed by atoms with Gasteiger partial charge in [-0.3, -0.25) is 0 Å². The Morgan fingerprint density at radius 3 is 2.75 bits per heavy atom. The molecule has 1 rings (SSSR count). The molecule has 0 aliphatic carbocycles. The lowest BCUT2D eigenvalue weighted by Crippen LogP contribution is -2.08. The fourth-order valence-electron chi connectivity index (χ4n) is 0.314. The number of hydrazine groups is 1. The first-order valence-electron chi connectivity index (χ1n) is 2.03. The number of aromatic nitrogens is 3. The third kappa shape index (κ3) is 0.881. The monoisotopic (exact) mass is 111 g/mol. The largest absolute Gasteiger partial charge is 0.307 e. The average molecular weight is 111 g/mol. The van der Waals surface area contributed by atoms with Crippen molar-refractivity contribution in [2.75, 3.05) is 5.43 Å². The summed E-state index contributed by atoms with van der Waals surface area (Å²) in [6.07, 6.45) is 2.75. The van der Waals surface area contributed by atoms with Crippen molar-refractivity contribution < 1.29 is 0 Å². The van der Waals surface area contributed by atoms with Gasteiger partial charge in [0.2, 0.25) is 0 Å². The minimum absolute atomic E-state index is 0.514. The summed E-state index contributed by atoms with van der Waals surface area (Å²) < 4.78 is 0. The molecule has 0 saturated carbocycles. The van der Waals surface area contributed by atoms with Crippen LogP contribution in [0.3, 0.4) is 0 Å². The average Bonchev–Trinajstić information content (AvgIpc) is 1.90. The Morgan fingerprint density at radius 2 is 2.38 bits per heavy atom. The molecule has 1 heterocycles. The fourth-order valence-corrected chi connectivity index (χ4v) is 0.314. The Kier molecular flexibility index (Phi) is 1.34. The molecule has 0 aliphatic heterocycles. The van der Waals surface area contributed by atoms with Crippen molar-refractivity contribution in [3.8, 4) is 0 Å². The van der Waals surface area contributed by atoms with Crippen LogP contribution in [-0.2, 0) is 0 Å². The van der Waals surface area contributed by atoms with E-state index in [0.29, 0.717) is 5.82 Å². The molecule has 3 N–H and O–H groups in total. The molecule has 42 valence electrons. The van der Waals surface area contributed by atoms with Crippen LogP contribution in [0.5, 0.6) is 0 Å². The Balaban J connectivity index is 2.83. The molecule has 0 saturated heterocycles. The number of rotatable bonds is 1. The summed E-state index contributed by atoms with van der Waals surface area (Å²) >= 11 is 0. The lowest BCUT2D eigenvalue weighted by atomic mass is 10.8. The van der Waals surface area contributed by atoms with E-state index in [1.165, 1.54) is 12.5 Å². The topological polar surface area (TPSA) is 76.7 Å². The second kappa shape index (κ2) is 2.17. The molecule has 0 bridgehead atoms. The van der Waals surface area contributed by atoms with Gasteiger partial charge in [0.25, 0.3) is 0 Å². The molecule has 8 heavy (non-hydrogen) atoms. The van der Waals surface area contributed by atoms with E-state index in [1.807, 2.05) is 0 Å². The van der Waals surface area contributed by atoms with Crippen molar-refractivity contribution in [1.82, 2.24) is 15.2 Å². The number of anilines is 1. The summed E-state index contributed by atoms with van der Waals surface area (Å²) in [5.74, 6) is 5.48. The van der Waals surface area contributed by atoms with E-state index in [2.05, 4.69) is 20.6 Å². The van der Waals surface area contributed by atoms with Crippen LogP contribution in [0.15, 0.2) is 12.5 Å². The Labute approximate surface area is 45.9 Å². The van der Waals surface area contributed by atoms with Gasteiger partial charge in [0.15, 0.2) is 5.82 Å². The summed E-state index contributed by atoms with van der Waals surface area (Å²) in [5, 5.41) is 6.94. The first-order chi connectivity index (χ1) is 3.93. The number of nitrogens with one attached hydrogen (secondary N) is 1. The highest BCUT2D eigenvalue weighted by atomic mass is 15.3.